The summed E-state index contributed by atoms with van der Waals surface area (Å²) in [7, 11) is 0. The average Bonchev–Trinajstić information content (AvgIpc) is 3.42. The molecule has 0 spiro atoms. The lowest BCUT2D eigenvalue weighted by molar-refractivity contribution is 0.256. The van der Waals surface area contributed by atoms with E-state index in [1.807, 2.05) is 29.0 Å². The number of rotatable bonds is 8. The molecule has 0 bridgehead atoms. The normalized spacial score (nSPS) is 16.5. The highest BCUT2D eigenvalue weighted by molar-refractivity contribution is 7.96. The monoisotopic (exact) mass is 475 g/mol. The third kappa shape index (κ3) is 4.91. The van der Waals surface area contributed by atoms with Crippen LogP contribution in [0.3, 0.4) is 0 Å². The Morgan fingerprint density at radius 3 is 2.84 bits per heavy atom. The highest BCUT2D eigenvalue weighted by Gasteiger charge is 2.22. The number of nitrogens with zero attached hydrogens (tertiary/aromatic N) is 3. The summed E-state index contributed by atoms with van der Waals surface area (Å²) in [6, 6.07) is 13.8. The third-order valence-corrected chi connectivity index (χ3v) is 6.69. The van der Waals surface area contributed by atoms with Gasteiger partial charge in [0.15, 0.2) is 5.75 Å². The van der Waals surface area contributed by atoms with E-state index < -0.39 is 0 Å². The molecule has 5 nitrogen and oxygen atoms in total. The van der Waals surface area contributed by atoms with E-state index in [0.717, 1.165) is 42.0 Å². The standard InChI is InChI=1S/C23H23Cl2N3O2S/c1-31-27-7-4-16(14-27)15-30-20-2-3-22-17(11-20)5-8-28(22)19-10-18(13-26)23(21(25)12-19)29-9-6-24/h2-3,5,8,10-12,16H,4,6-7,9,14-15H2,1H3. The van der Waals surface area contributed by atoms with Crippen LogP contribution in [-0.2, 0) is 0 Å². The van der Waals surface area contributed by atoms with E-state index in [9.17, 15) is 5.26 Å². The molecule has 0 aliphatic carbocycles. The van der Waals surface area contributed by atoms with Crippen molar-refractivity contribution >= 4 is 46.1 Å². The molecule has 1 saturated heterocycles. The Kier molecular flexibility index (Phi) is 7.19. The molecule has 4 rings (SSSR count). The number of hydrogen-bond donors (Lipinski definition) is 0. The van der Waals surface area contributed by atoms with E-state index in [1.54, 1.807) is 24.1 Å². The highest BCUT2D eigenvalue weighted by Crippen LogP contribution is 2.33. The van der Waals surface area contributed by atoms with Crippen LogP contribution in [0.5, 0.6) is 11.5 Å². The quantitative estimate of drug-likeness (QED) is 0.306. The zero-order chi connectivity index (χ0) is 21.8. The van der Waals surface area contributed by atoms with Crippen molar-refractivity contribution in [1.82, 2.24) is 8.87 Å². The number of halogens is 2. The lowest BCUT2D eigenvalue weighted by Gasteiger charge is -2.14. The maximum atomic E-state index is 9.54. The first-order valence-corrected chi connectivity index (χ1v) is 12.2. The predicted molar refractivity (Wildman–Crippen MR) is 128 cm³/mol. The minimum absolute atomic E-state index is 0.292. The summed E-state index contributed by atoms with van der Waals surface area (Å²) in [5.74, 6) is 2.13. The second kappa shape index (κ2) is 10.1. The number of fused-ring (bicyclic) bond motifs is 1. The van der Waals surface area contributed by atoms with Crippen molar-refractivity contribution in [3.05, 3.63) is 53.2 Å². The van der Waals surface area contributed by atoms with Crippen LogP contribution >= 0.6 is 35.1 Å². The number of benzene rings is 2. The molecular formula is C23H23Cl2N3O2S. The molecule has 1 aliphatic heterocycles. The maximum Gasteiger partial charge on any atom is 0.155 e. The molecule has 2 heterocycles. The van der Waals surface area contributed by atoms with Gasteiger partial charge in [0.05, 0.1) is 28.6 Å². The van der Waals surface area contributed by atoms with Gasteiger partial charge in [-0.15, -0.1) is 11.6 Å². The van der Waals surface area contributed by atoms with Gasteiger partial charge in [0.2, 0.25) is 0 Å². The zero-order valence-electron chi connectivity index (χ0n) is 17.2. The molecule has 1 atom stereocenters. The topological polar surface area (TPSA) is 50.4 Å². The van der Waals surface area contributed by atoms with Gasteiger partial charge in [-0.2, -0.15) is 5.26 Å². The largest absolute Gasteiger partial charge is 0.493 e. The van der Waals surface area contributed by atoms with Gasteiger partial charge in [0, 0.05) is 36.3 Å². The number of nitriles is 1. The Bertz CT molecular complexity index is 1110. The first kappa shape index (κ1) is 22.2. The zero-order valence-corrected chi connectivity index (χ0v) is 19.5. The lowest BCUT2D eigenvalue weighted by atomic mass is 10.1. The second-order valence-corrected chi connectivity index (χ2v) is 9.06. The van der Waals surface area contributed by atoms with E-state index in [1.165, 1.54) is 6.42 Å². The minimum Gasteiger partial charge on any atom is -0.493 e. The van der Waals surface area contributed by atoms with Crippen molar-refractivity contribution < 1.29 is 9.47 Å². The Morgan fingerprint density at radius 2 is 2.10 bits per heavy atom. The Morgan fingerprint density at radius 1 is 1.23 bits per heavy atom. The molecule has 0 saturated carbocycles. The van der Waals surface area contributed by atoms with E-state index >= 15 is 0 Å². The van der Waals surface area contributed by atoms with Crippen molar-refractivity contribution in [3.63, 3.8) is 0 Å². The van der Waals surface area contributed by atoms with Crippen LogP contribution in [0, 0.1) is 17.2 Å². The minimum atomic E-state index is 0.292. The van der Waals surface area contributed by atoms with Gasteiger partial charge in [-0.25, -0.2) is 0 Å². The summed E-state index contributed by atoms with van der Waals surface area (Å²) in [5, 5.41) is 11.0. The fourth-order valence-corrected chi connectivity index (χ4v) is 4.83. The number of alkyl halides is 1. The lowest BCUT2D eigenvalue weighted by Crippen LogP contribution is -2.16. The molecule has 31 heavy (non-hydrogen) atoms. The summed E-state index contributed by atoms with van der Waals surface area (Å²) in [5.41, 5.74) is 2.19. The van der Waals surface area contributed by atoms with Gasteiger partial charge < -0.3 is 14.0 Å². The number of aromatic nitrogens is 1. The Labute approximate surface area is 196 Å². The molecular weight excluding hydrogens is 453 g/mol. The van der Waals surface area contributed by atoms with Crippen LogP contribution in [0.1, 0.15) is 12.0 Å². The van der Waals surface area contributed by atoms with Crippen molar-refractivity contribution in [2.75, 3.05) is 38.4 Å². The molecule has 0 N–H and O–H groups in total. The first-order valence-electron chi connectivity index (χ1n) is 10.1. The van der Waals surface area contributed by atoms with Gasteiger partial charge in [-0.3, -0.25) is 4.31 Å². The van der Waals surface area contributed by atoms with Crippen molar-refractivity contribution in [3.8, 4) is 23.3 Å². The van der Waals surface area contributed by atoms with E-state index in [0.29, 0.717) is 34.7 Å². The molecule has 8 heteroatoms. The molecule has 1 aliphatic rings. The van der Waals surface area contributed by atoms with Gasteiger partial charge >= 0.3 is 0 Å². The van der Waals surface area contributed by atoms with Crippen molar-refractivity contribution in [1.29, 1.82) is 5.26 Å². The molecule has 1 aromatic heterocycles. The Balaban J connectivity index is 1.54. The highest BCUT2D eigenvalue weighted by atomic mass is 35.5. The summed E-state index contributed by atoms with van der Waals surface area (Å²) in [4.78, 5) is 0. The van der Waals surface area contributed by atoms with Crippen LogP contribution in [0.15, 0.2) is 42.6 Å². The fourth-order valence-electron chi connectivity index (χ4n) is 3.84. The van der Waals surface area contributed by atoms with E-state index in [-0.39, 0.29) is 0 Å². The fraction of sp³-hybridized carbons (Fsp3) is 0.348. The van der Waals surface area contributed by atoms with Gasteiger partial charge in [-0.1, -0.05) is 23.5 Å². The first-order chi connectivity index (χ1) is 15.1. The Hall–Kier alpha value is -2.04. The van der Waals surface area contributed by atoms with Gasteiger partial charge in [0.25, 0.3) is 0 Å². The van der Waals surface area contributed by atoms with E-state index in [4.69, 9.17) is 32.7 Å². The van der Waals surface area contributed by atoms with E-state index in [2.05, 4.69) is 22.7 Å². The average molecular weight is 476 g/mol. The SMILES string of the molecule is CSN1CCC(COc2ccc3c(ccn3-c3cc(Cl)c(OCCCl)c(C#N)c3)c2)C1. The smallest absolute Gasteiger partial charge is 0.155 e. The summed E-state index contributed by atoms with van der Waals surface area (Å²) >= 11 is 13.9. The van der Waals surface area contributed by atoms with Crippen LogP contribution < -0.4 is 9.47 Å². The molecule has 2 aromatic carbocycles. The van der Waals surface area contributed by atoms with Gasteiger partial charge in [0.1, 0.15) is 18.4 Å². The molecule has 0 radical (unpaired) electrons. The predicted octanol–water partition coefficient (Wildman–Crippen LogP) is 5.75. The second-order valence-electron chi connectivity index (χ2n) is 7.40. The van der Waals surface area contributed by atoms with Crippen LogP contribution in [0.2, 0.25) is 5.02 Å². The molecule has 1 unspecified atom stereocenters. The van der Waals surface area contributed by atoms with Crippen molar-refractivity contribution in [2.24, 2.45) is 5.92 Å². The van der Waals surface area contributed by atoms with Crippen LogP contribution in [0.4, 0.5) is 0 Å². The van der Waals surface area contributed by atoms with Crippen LogP contribution in [-0.4, -0.2) is 47.3 Å². The molecule has 0 amide bonds. The molecule has 1 fully saturated rings. The van der Waals surface area contributed by atoms with Crippen molar-refractivity contribution in [2.45, 2.75) is 6.42 Å². The molecule has 162 valence electrons. The summed E-state index contributed by atoms with van der Waals surface area (Å²) in [6.45, 7) is 3.22. The third-order valence-electron chi connectivity index (χ3n) is 5.40. The summed E-state index contributed by atoms with van der Waals surface area (Å²) in [6.07, 6.45) is 5.26. The maximum absolute atomic E-state index is 9.54. The number of hydrogen-bond acceptors (Lipinski definition) is 5. The number of ether oxygens (including phenoxy) is 2. The van der Waals surface area contributed by atoms with Crippen LogP contribution in [0.25, 0.3) is 16.6 Å². The summed E-state index contributed by atoms with van der Waals surface area (Å²) < 4.78 is 16.0. The molecule has 3 aromatic rings. The van der Waals surface area contributed by atoms with Gasteiger partial charge in [-0.05, 0) is 49.1 Å².